The van der Waals surface area contributed by atoms with Gasteiger partial charge in [-0.1, -0.05) is 35.9 Å². The molecule has 2 amide bonds. The third kappa shape index (κ3) is 5.72. The summed E-state index contributed by atoms with van der Waals surface area (Å²) in [6.45, 7) is 0.386. The van der Waals surface area contributed by atoms with E-state index in [0.717, 1.165) is 10.4 Å². The standard InChI is InChI=1S/C23H23ClN2O5S/c1-29-19-8-4-3-6-15(19)12-26(13-17-7-5-9-32-17)23(28)16-10-18(24)22(20(11-16)30-2)31-14-21(25)27/h3-11H,12-14H2,1-2H3,(H2,25,27). The van der Waals surface area contributed by atoms with E-state index < -0.39 is 5.91 Å². The van der Waals surface area contributed by atoms with Crippen LogP contribution in [0.5, 0.6) is 17.2 Å². The number of amides is 2. The molecule has 0 aliphatic rings. The Morgan fingerprint density at radius 1 is 1.03 bits per heavy atom. The molecule has 0 saturated carbocycles. The Labute approximate surface area is 195 Å². The quantitative estimate of drug-likeness (QED) is 0.477. The average molecular weight is 475 g/mol. The SMILES string of the molecule is COc1ccccc1CN(Cc1cccs1)C(=O)c1cc(Cl)c(OCC(N)=O)c(OC)c1. The van der Waals surface area contributed by atoms with E-state index in [4.69, 9.17) is 31.5 Å². The number of para-hydroxylation sites is 1. The Balaban J connectivity index is 1.94. The number of nitrogens with zero attached hydrogens (tertiary/aromatic N) is 1. The van der Waals surface area contributed by atoms with Gasteiger partial charge in [0.2, 0.25) is 0 Å². The lowest BCUT2D eigenvalue weighted by molar-refractivity contribution is -0.119. The van der Waals surface area contributed by atoms with E-state index in [2.05, 4.69) is 0 Å². The van der Waals surface area contributed by atoms with Gasteiger partial charge < -0.3 is 24.8 Å². The molecule has 0 aliphatic carbocycles. The van der Waals surface area contributed by atoms with Crippen molar-refractivity contribution in [2.75, 3.05) is 20.8 Å². The van der Waals surface area contributed by atoms with Crippen LogP contribution in [0.4, 0.5) is 0 Å². The third-order valence-corrected chi connectivity index (χ3v) is 5.74. The van der Waals surface area contributed by atoms with Crippen molar-refractivity contribution in [3.05, 3.63) is 74.9 Å². The van der Waals surface area contributed by atoms with Crippen molar-refractivity contribution in [3.8, 4) is 17.2 Å². The van der Waals surface area contributed by atoms with Crippen molar-refractivity contribution in [1.29, 1.82) is 0 Å². The highest BCUT2D eigenvalue weighted by molar-refractivity contribution is 7.09. The number of thiophene rings is 1. The summed E-state index contributed by atoms with van der Waals surface area (Å²) in [6.07, 6.45) is 0. The Hall–Kier alpha value is -3.23. The summed E-state index contributed by atoms with van der Waals surface area (Å²) in [6, 6.07) is 14.5. The number of rotatable bonds is 10. The van der Waals surface area contributed by atoms with E-state index in [1.165, 1.54) is 19.2 Å². The second-order valence-corrected chi connectivity index (χ2v) is 8.24. The van der Waals surface area contributed by atoms with Crippen LogP contribution in [-0.4, -0.2) is 37.5 Å². The maximum Gasteiger partial charge on any atom is 0.255 e. The number of ether oxygens (including phenoxy) is 3. The molecule has 9 heteroatoms. The normalized spacial score (nSPS) is 10.5. The molecule has 0 saturated heterocycles. The Morgan fingerprint density at radius 3 is 2.44 bits per heavy atom. The topological polar surface area (TPSA) is 91.1 Å². The molecule has 32 heavy (non-hydrogen) atoms. The summed E-state index contributed by atoms with van der Waals surface area (Å²) in [5, 5.41) is 2.11. The van der Waals surface area contributed by atoms with Gasteiger partial charge in [0, 0.05) is 16.0 Å². The molecule has 0 radical (unpaired) electrons. The van der Waals surface area contributed by atoms with Crippen LogP contribution in [-0.2, 0) is 17.9 Å². The molecule has 0 unspecified atom stereocenters. The molecule has 0 bridgehead atoms. The van der Waals surface area contributed by atoms with E-state index in [-0.39, 0.29) is 29.0 Å². The van der Waals surface area contributed by atoms with Crippen LogP contribution >= 0.6 is 22.9 Å². The zero-order valence-electron chi connectivity index (χ0n) is 17.7. The van der Waals surface area contributed by atoms with Gasteiger partial charge in [0.05, 0.1) is 32.3 Å². The summed E-state index contributed by atoms with van der Waals surface area (Å²) >= 11 is 7.92. The number of hydrogen-bond donors (Lipinski definition) is 1. The van der Waals surface area contributed by atoms with Crippen molar-refractivity contribution in [1.82, 2.24) is 4.90 Å². The molecule has 0 spiro atoms. The molecule has 2 aromatic carbocycles. The van der Waals surface area contributed by atoms with Crippen molar-refractivity contribution in [2.45, 2.75) is 13.1 Å². The zero-order valence-corrected chi connectivity index (χ0v) is 19.2. The van der Waals surface area contributed by atoms with Crippen molar-refractivity contribution in [3.63, 3.8) is 0 Å². The van der Waals surface area contributed by atoms with Gasteiger partial charge in [0.15, 0.2) is 18.1 Å². The average Bonchev–Trinajstić information content (AvgIpc) is 3.30. The van der Waals surface area contributed by atoms with Crippen molar-refractivity contribution in [2.24, 2.45) is 5.73 Å². The molecule has 0 aliphatic heterocycles. The monoisotopic (exact) mass is 474 g/mol. The highest BCUT2D eigenvalue weighted by atomic mass is 35.5. The predicted octanol–water partition coefficient (Wildman–Crippen LogP) is 4.13. The van der Waals surface area contributed by atoms with Gasteiger partial charge >= 0.3 is 0 Å². The van der Waals surface area contributed by atoms with Gasteiger partial charge in [-0.2, -0.15) is 0 Å². The summed E-state index contributed by atoms with van der Waals surface area (Å²) in [5.41, 5.74) is 6.34. The van der Waals surface area contributed by atoms with Crippen LogP contribution in [0.3, 0.4) is 0 Å². The van der Waals surface area contributed by atoms with Crippen LogP contribution in [0.2, 0.25) is 5.02 Å². The largest absolute Gasteiger partial charge is 0.496 e. The minimum atomic E-state index is -0.651. The molecular weight excluding hydrogens is 452 g/mol. The minimum absolute atomic E-state index is 0.141. The molecule has 7 nitrogen and oxygen atoms in total. The van der Waals surface area contributed by atoms with Gasteiger partial charge in [-0.05, 0) is 29.6 Å². The highest BCUT2D eigenvalue weighted by Crippen LogP contribution is 2.37. The first-order chi connectivity index (χ1) is 15.4. The van der Waals surface area contributed by atoms with E-state index >= 15 is 0 Å². The zero-order chi connectivity index (χ0) is 23.1. The summed E-state index contributed by atoms with van der Waals surface area (Å²) in [5.74, 6) is 0.185. The lowest BCUT2D eigenvalue weighted by Crippen LogP contribution is -2.30. The molecule has 0 atom stereocenters. The highest BCUT2D eigenvalue weighted by Gasteiger charge is 2.22. The first-order valence-corrected chi connectivity index (χ1v) is 10.9. The Kier molecular flexibility index (Phi) is 7.97. The molecular formula is C23H23ClN2O5S. The smallest absolute Gasteiger partial charge is 0.255 e. The summed E-state index contributed by atoms with van der Waals surface area (Å²) < 4.78 is 16.1. The molecule has 1 heterocycles. The maximum absolute atomic E-state index is 13.5. The lowest BCUT2D eigenvalue weighted by Gasteiger charge is -2.24. The molecule has 3 rings (SSSR count). The lowest BCUT2D eigenvalue weighted by atomic mass is 10.1. The van der Waals surface area contributed by atoms with E-state index in [1.807, 2.05) is 41.8 Å². The summed E-state index contributed by atoms with van der Waals surface area (Å²) in [4.78, 5) is 27.3. The molecule has 3 aromatic rings. The number of methoxy groups -OCH3 is 2. The van der Waals surface area contributed by atoms with E-state index in [1.54, 1.807) is 23.3 Å². The maximum atomic E-state index is 13.5. The predicted molar refractivity (Wildman–Crippen MR) is 124 cm³/mol. The van der Waals surface area contributed by atoms with Gasteiger partial charge in [0.1, 0.15) is 5.75 Å². The molecule has 1 aromatic heterocycles. The van der Waals surface area contributed by atoms with Gasteiger partial charge in [-0.15, -0.1) is 11.3 Å². The number of hydrogen-bond acceptors (Lipinski definition) is 6. The number of carbonyl (C=O) groups excluding carboxylic acids is 2. The first-order valence-electron chi connectivity index (χ1n) is 9.65. The van der Waals surface area contributed by atoms with Crippen molar-refractivity contribution >= 4 is 34.8 Å². The fourth-order valence-electron chi connectivity index (χ4n) is 3.14. The van der Waals surface area contributed by atoms with Crippen LogP contribution in [0.25, 0.3) is 0 Å². The van der Waals surface area contributed by atoms with Crippen LogP contribution in [0.1, 0.15) is 20.8 Å². The Bertz CT molecular complexity index is 1090. The first kappa shape index (κ1) is 23.4. The number of halogens is 1. The van der Waals surface area contributed by atoms with Gasteiger partial charge in [-0.25, -0.2) is 0 Å². The van der Waals surface area contributed by atoms with Crippen LogP contribution < -0.4 is 19.9 Å². The van der Waals surface area contributed by atoms with Gasteiger partial charge in [0.25, 0.3) is 11.8 Å². The minimum Gasteiger partial charge on any atom is -0.496 e. The molecule has 168 valence electrons. The molecule has 0 fully saturated rings. The van der Waals surface area contributed by atoms with Gasteiger partial charge in [-0.3, -0.25) is 9.59 Å². The van der Waals surface area contributed by atoms with E-state index in [0.29, 0.717) is 24.4 Å². The Morgan fingerprint density at radius 2 is 1.78 bits per heavy atom. The summed E-state index contributed by atoms with van der Waals surface area (Å²) in [7, 11) is 3.02. The number of nitrogens with two attached hydrogens (primary N) is 1. The van der Waals surface area contributed by atoms with Crippen LogP contribution in [0, 0.1) is 0 Å². The number of carbonyl (C=O) groups is 2. The van der Waals surface area contributed by atoms with Crippen LogP contribution in [0.15, 0.2) is 53.9 Å². The fourth-order valence-corrected chi connectivity index (χ4v) is 4.12. The fraction of sp³-hybridized carbons (Fsp3) is 0.217. The van der Waals surface area contributed by atoms with E-state index in [9.17, 15) is 9.59 Å². The second-order valence-electron chi connectivity index (χ2n) is 6.80. The number of primary amides is 1. The molecule has 2 N–H and O–H groups in total. The van der Waals surface area contributed by atoms with Crippen molar-refractivity contribution < 1.29 is 23.8 Å². The third-order valence-electron chi connectivity index (χ3n) is 4.60. The number of benzene rings is 2. The second kappa shape index (κ2) is 10.9.